The van der Waals surface area contributed by atoms with Gasteiger partial charge in [0.25, 0.3) is 0 Å². The molecule has 0 spiro atoms. The Balaban J connectivity index is 2.22. The number of hydrogen-bond donors (Lipinski definition) is 1. The molecule has 0 amide bonds. The molecule has 1 aromatic heterocycles. The van der Waals surface area contributed by atoms with Crippen LogP contribution in [0.2, 0.25) is 0 Å². The topological polar surface area (TPSA) is 34.2 Å². The Morgan fingerprint density at radius 1 is 1.26 bits per heavy atom. The molecule has 19 heavy (non-hydrogen) atoms. The Kier molecular flexibility index (Phi) is 4.93. The number of aromatic nitrogens is 1. The van der Waals surface area contributed by atoms with Crippen molar-refractivity contribution in [3.63, 3.8) is 0 Å². The van der Waals surface area contributed by atoms with Gasteiger partial charge in [-0.05, 0) is 37.7 Å². The summed E-state index contributed by atoms with van der Waals surface area (Å²) in [6.07, 6.45) is 1.87. The number of halogens is 1. The van der Waals surface area contributed by atoms with Crippen molar-refractivity contribution in [2.45, 2.75) is 20.4 Å². The number of ether oxygens (including phenoxy) is 1. The number of benzene rings is 1. The average Bonchev–Trinajstić information content (AvgIpc) is 2.40. The van der Waals surface area contributed by atoms with E-state index in [4.69, 9.17) is 4.74 Å². The lowest BCUT2D eigenvalue weighted by Gasteiger charge is -2.12. The highest BCUT2D eigenvalue weighted by atomic mass is 79.9. The normalized spacial score (nSPS) is 10.5. The molecule has 1 N–H and O–H groups in total. The van der Waals surface area contributed by atoms with Gasteiger partial charge in [0.2, 0.25) is 0 Å². The van der Waals surface area contributed by atoms with Crippen LogP contribution in [0.3, 0.4) is 0 Å². The van der Waals surface area contributed by atoms with E-state index in [0.717, 1.165) is 40.3 Å². The molecule has 0 atom stereocenters. The largest absolute Gasteiger partial charge is 0.457 e. The summed E-state index contributed by atoms with van der Waals surface area (Å²) in [4.78, 5) is 4.32. The number of aryl methyl sites for hydroxylation is 1. The highest BCUT2D eigenvalue weighted by Crippen LogP contribution is 2.26. The maximum Gasteiger partial charge on any atom is 0.135 e. The minimum atomic E-state index is 0.760. The van der Waals surface area contributed by atoms with E-state index in [-0.39, 0.29) is 0 Å². The van der Waals surface area contributed by atoms with Gasteiger partial charge in [0, 0.05) is 34.5 Å². The molecule has 0 unspecified atom stereocenters. The number of hydrogen-bond acceptors (Lipinski definition) is 3. The molecule has 0 fully saturated rings. The van der Waals surface area contributed by atoms with Crippen LogP contribution in [-0.4, -0.2) is 11.5 Å². The van der Waals surface area contributed by atoms with Gasteiger partial charge in [0.05, 0.1) is 0 Å². The van der Waals surface area contributed by atoms with Crippen molar-refractivity contribution < 1.29 is 4.74 Å². The van der Waals surface area contributed by atoms with Crippen molar-refractivity contribution in [1.29, 1.82) is 0 Å². The van der Waals surface area contributed by atoms with E-state index in [1.54, 1.807) is 0 Å². The van der Waals surface area contributed by atoms with E-state index in [2.05, 4.69) is 33.2 Å². The van der Waals surface area contributed by atoms with Gasteiger partial charge >= 0.3 is 0 Å². The van der Waals surface area contributed by atoms with Crippen LogP contribution in [-0.2, 0) is 6.54 Å². The van der Waals surface area contributed by atoms with Gasteiger partial charge in [0.1, 0.15) is 11.5 Å². The van der Waals surface area contributed by atoms with E-state index in [1.165, 1.54) is 0 Å². The zero-order valence-electron chi connectivity index (χ0n) is 11.1. The number of nitrogens with one attached hydrogen (secondary N) is 1. The summed E-state index contributed by atoms with van der Waals surface area (Å²) in [6, 6.07) is 9.78. The van der Waals surface area contributed by atoms with Crippen LogP contribution in [0.4, 0.5) is 0 Å². The molecule has 2 rings (SSSR count). The number of nitrogens with zero attached hydrogens (tertiary/aromatic N) is 1. The van der Waals surface area contributed by atoms with Crippen LogP contribution in [0, 0.1) is 6.92 Å². The van der Waals surface area contributed by atoms with Crippen molar-refractivity contribution in [2.75, 3.05) is 6.54 Å². The second-order valence-electron chi connectivity index (χ2n) is 4.27. The van der Waals surface area contributed by atoms with E-state index in [0.29, 0.717) is 0 Å². The van der Waals surface area contributed by atoms with Crippen molar-refractivity contribution >= 4 is 15.9 Å². The Labute approximate surface area is 122 Å². The Bertz CT molecular complexity index is 540. The highest BCUT2D eigenvalue weighted by Gasteiger charge is 2.06. The van der Waals surface area contributed by atoms with Crippen LogP contribution in [0.25, 0.3) is 0 Å². The molecule has 3 nitrogen and oxygen atoms in total. The molecule has 0 aliphatic carbocycles. The predicted octanol–water partition coefficient (Wildman–Crippen LogP) is 4.05. The maximum absolute atomic E-state index is 5.94. The Hall–Kier alpha value is -1.39. The zero-order valence-corrected chi connectivity index (χ0v) is 12.7. The lowest BCUT2D eigenvalue weighted by atomic mass is 10.2. The first-order chi connectivity index (χ1) is 9.19. The molecule has 2 aromatic rings. The second-order valence-corrected chi connectivity index (χ2v) is 5.19. The van der Waals surface area contributed by atoms with Crippen molar-refractivity contribution in [3.8, 4) is 11.5 Å². The molecule has 100 valence electrons. The van der Waals surface area contributed by atoms with Crippen molar-refractivity contribution in [2.24, 2.45) is 0 Å². The molecular weight excluding hydrogens is 304 g/mol. The van der Waals surface area contributed by atoms with Gasteiger partial charge in [-0.1, -0.05) is 22.9 Å². The fourth-order valence-electron chi connectivity index (χ4n) is 1.68. The van der Waals surface area contributed by atoms with E-state index >= 15 is 0 Å². The molecule has 0 saturated carbocycles. The molecule has 0 saturated heterocycles. The summed E-state index contributed by atoms with van der Waals surface area (Å²) in [5, 5.41) is 3.29. The summed E-state index contributed by atoms with van der Waals surface area (Å²) < 4.78 is 6.98. The smallest absolute Gasteiger partial charge is 0.135 e. The fourth-order valence-corrected chi connectivity index (χ4v) is 1.94. The maximum atomic E-state index is 5.94. The Morgan fingerprint density at radius 2 is 2.00 bits per heavy atom. The lowest BCUT2D eigenvalue weighted by Crippen LogP contribution is -2.12. The number of rotatable bonds is 5. The lowest BCUT2D eigenvalue weighted by molar-refractivity contribution is 0.471. The van der Waals surface area contributed by atoms with Crippen molar-refractivity contribution in [3.05, 3.63) is 52.3 Å². The first kappa shape index (κ1) is 14.0. The summed E-state index contributed by atoms with van der Waals surface area (Å²) in [6.45, 7) is 5.73. The van der Waals surface area contributed by atoms with Gasteiger partial charge in [0.15, 0.2) is 0 Å². The van der Waals surface area contributed by atoms with E-state index in [1.807, 2.05) is 43.5 Å². The third-order valence-electron chi connectivity index (χ3n) is 2.69. The first-order valence-electron chi connectivity index (χ1n) is 6.28. The summed E-state index contributed by atoms with van der Waals surface area (Å²) >= 11 is 3.42. The SMILES string of the molecule is CCNCc1cnc(C)cc1Oc1ccc(Br)cc1. The van der Waals surface area contributed by atoms with Gasteiger partial charge in [-0.3, -0.25) is 4.98 Å². The number of pyridine rings is 1. The van der Waals surface area contributed by atoms with Gasteiger partial charge in [-0.25, -0.2) is 0 Å². The van der Waals surface area contributed by atoms with Crippen molar-refractivity contribution in [1.82, 2.24) is 10.3 Å². The van der Waals surface area contributed by atoms with Crippen LogP contribution >= 0.6 is 15.9 Å². The summed E-state index contributed by atoms with van der Waals surface area (Å²) in [7, 11) is 0. The monoisotopic (exact) mass is 320 g/mol. The minimum Gasteiger partial charge on any atom is -0.457 e. The molecular formula is C15H17BrN2O. The quantitative estimate of drug-likeness (QED) is 0.902. The average molecular weight is 321 g/mol. The third-order valence-corrected chi connectivity index (χ3v) is 3.22. The molecule has 0 aliphatic rings. The molecule has 1 heterocycles. The molecule has 4 heteroatoms. The zero-order chi connectivity index (χ0) is 13.7. The first-order valence-corrected chi connectivity index (χ1v) is 7.08. The van der Waals surface area contributed by atoms with Gasteiger partial charge in [-0.2, -0.15) is 0 Å². The molecule has 0 radical (unpaired) electrons. The fraction of sp³-hybridized carbons (Fsp3) is 0.267. The third kappa shape index (κ3) is 4.04. The summed E-state index contributed by atoms with van der Waals surface area (Å²) in [5.74, 6) is 1.68. The molecule has 0 bridgehead atoms. The summed E-state index contributed by atoms with van der Waals surface area (Å²) in [5.41, 5.74) is 2.02. The molecule has 1 aromatic carbocycles. The van der Waals surface area contributed by atoms with E-state index in [9.17, 15) is 0 Å². The van der Waals surface area contributed by atoms with Crippen LogP contribution in [0.15, 0.2) is 41.0 Å². The van der Waals surface area contributed by atoms with Gasteiger partial charge in [-0.15, -0.1) is 0 Å². The van der Waals surface area contributed by atoms with Gasteiger partial charge < -0.3 is 10.1 Å². The molecule has 0 aliphatic heterocycles. The minimum absolute atomic E-state index is 0.760. The van der Waals surface area contributed by atoms with Crippen LogP contribution in [0.5, 0.6) is 11.5 Å². The predicted molar refractivity (Wildman–Crippen MR) is 80.6 cm³/mol. The second kappa shape index (κ2) is 6.68. The highest BCUT2D eigenvalue weighted by molar-refractivity contribution is 9.10. The van der Waals surface area contributed by atoms with E-state index < -0.39 is 0 Å². The van der Waals surface area contributed by atoms with Crippen LogP contribution < -0.4 is 10.1 Å². The Morgan fingerprint density at radius 3 is 2.68 bits per heavy atom. The van der Waals surface area contributed by atoms with Crippen LogP contribution in [0.1, 0.15) is 18.2 Å². The standard InChI is InChI=1S/C15H17BrN2O/c1-3-17-9-12-10-18-11(2)8-15(12)19-14-6-4-13(16)5-7-14/h4-8,10,17H,3,9H2,1-2H3.